The third-order valence-corrected chi connectivity index (χ3v) is 10.6. The normalized spacial score (nSPS) is 11.7. The number of hydrogen-bond acceptors (Lipinski definition) is 2. The van der Waals surface area contributed by atoms with Gasteiger partial charge in [0.2, 0.25) is 0 Å². The summed E-state index contributed by atoms with van der Waals surface area (Å²) in [7, 11) is 1.06. The molecule has 0 saturated heterocycles. The molecule has 0 unspecified atom stereocenters. The molecule has 152 valence electrons. The molecule has 3 heteroatoms. The van der Waals surface area contributed by atoms with Crippen molar-refractivity contribution in [3.05, 3.63) is 115 Å². The molecule has 0 bridgehead atoms. The number of hydrogen-bond donors (Lipinski definition) is 0. The molecule has 0 radical (unpaired) electrons. The molecule has 4 aromatic rings. The SMILES string of the molecule is COc1cc(C[PH](c2ccccc2)(c2ccccc2)c2ccccc2)cc(OC)c1. The molecule has 0 aliphatic rings. The summed E-state index contributed by atoms with van der Waals surface area (Å²) >= 11 is 0. The molecule has 0 saturated carbocycles. The van der Waals surface area contributed by atoms with Gasteiger partial charge in [0.25, 0.3) is 0 Å². The van der Waals surface area contributed by atoms with Crippen LogP contribution >= 0.6 is 7.26 Å². The monoisotopic (exact) mass is 414 g/mol. The van der Waals surface area contributed by atoms with Crippen LogP contribution in [0, 0.1) is 0 Å². The summed E-state index contributed by atoms with van der Waals surface area (Å²) in [6.07, 6.45) is 0.915. The van der Waals surface area contributed by atoms with E-state index in [9.17, 15) is 0 Å². The van der Waals surface area contributed by atoms with Gasteiger partial charge in [0, 0.05) is 0 Å². The molecule has 0 amide bonds. The van der Waals surface area contributed by atoms with Crippen molar-refractivity contribution in [3.63, 3.8) is 0 Å². The average molecular weight is 414 g/mol. The summed E-state index contributed by atoms with van der Waals surface area (Å²) in [5, 5.41) is 4.18. The Balaban J connectivity index is 1.98. The van der Waals surface area contributed by atoms with Crippen LogP contribution in [0.2, 0.25) is 0 Å². The zero-order valence-electron chi connectivity index (χ0n) is 17.4. The topological polar surface area (TPSA) is 18.5 Å². The van der Waals surface area contributed by atoms with Gasteiger partial charge in [-0.25, -0.2) is 0 Å². The van der Waals surface area contributed by atoms with E-state index in [0.717, 1.165) is 17.7 Å². The van der Waals surface area contributed by atoms with Crippen molar-refractivity contribution in [2.24, 2.45) is 0 Å². The fraction of sp³-hybridized carbons (Fsp3) is 0.111. The average Bonchev–Trinajstić information content (AvgIpc) is 2.84. The Morgan fingerprint density at radius 3 is 1.23 bits per heavy atom. The Hall–Kier alpha value is -3.09. The summed E-state index contributed by atoms with van der Waals surface area (Å²) in [5.41, 5.74) is 1.22. The summed E-state index contributed by atoms with van der Waals surface area (Å²) in [6, 6.07) is 39.1. The third kappa shape index (κ3) is 3.97. The van der Waals surface area contributed by atoms with E-state index in [1.165, 1.54) is 21.5 Å². The molecule has 4 aromatic carbocycles. The van der Waals surface area contributed by atoms with Gasteiger partial charge in [-0.05, 0) is 0 Å². The second kappa shape index (κ2) is 9.15. The minimum absolute atomic E-state index is 0.821. The second-order valence-corrected chi connectivity index (χ2v) is 11.3. The van der Waals surface area contributed by atoms with E-state index in [1.807, 2.05) is 6.07 Å². The first-order chi connectivity index (χ1) is 14.8. The Labute approximate surface area is 179 Å². The van der Waals surface area contributed by atoms with Crippen LogP contribution in [0.1, 0.15) is 5.56 Å². The molecule has 30 heavy (non-hydrogen) atoms. The molecule has 4 rings (SSSR count). The fourth-order valence-corrected chi connectivity index (χ4v) is 8.96. The third-order valence-electron chi connectivity index (χ3n) is 5.68. The molecular weight excluding hydrogens is 387 g/mol. The zero-order chi connectivity index (χ0) is 20.8. The van der Waals surface area contributed by atoms with Gasteiger partial charge in [0.05, 0.1) is 0 Å². The standard InChI is InChI=1S/C27H27O2P/c1-28-23-18-22(19-24(20-23)29-2)21-30(25-12-6-3-7-13-25,26-14-8-4-9-15-26)27-16-10-5-11-17-27/h3-20,30H,21H2,1-2H3. The van der Waals surface area contributed by atoms with E-state index in [4.69, 9.17) is 9.47 Å². The molecule has 0 aliphatic heterocycles. The van der Waals surface area contributed by atoms with E-state index < -0.39 is 7.26 Å². The number of rotatable bonds is 7. The van der Waals surface area contributed by atoms with Crippen molar-refractivity contribution in [1.82, 2.24) is 0 Å². The van der Waals surface area contributed by atoms with Crippen LogP contribution in [0.15, 0.2) is 109 Å². The molecule has 0 aliphatic carbocycles. The van der Waals surface area contributed by atoms with Gasteiger partial charge in [-0.3, -0.25) is 0 Å². The minimum atomic E-state index is -2.35. The van der Waals surface area contributed by atoms with Crippen molar-refractivity contribution >= 4 is 23.2 Å². The number of benzene rings is 4. The van der Waals surface area contributed by atoms with Crippen LogP contribution in [-0.4, -0.2) is 14.2 Å². The van der Waals surface area contributed by atoms with Crippen molar-refractivity contribution < 1.29 is 9.47 Å². The Morgan fingerprint density at radius 2 is 0.900 bits per heavy atom. The molecule has 0 aromatic heterocycles. The summed E-state index contributed by atoms with van der Waals surface area (Å²) in [5.74, 6) is 1.64. The van der Waals surface area contributed by atoms with Crippen LogP contribution in [-0.2, 0) is 6.16 Å². The van der Waals surface area contributed by atoms with E-state index in [0.29, 0.717) is 0 Å². The molecule has 0 fully saturated rings. The van der Waals surface area contributed by atoms with Crippen LogP contribution in [0.5, 0.6) is 11.5 Å². The van der Waals surface area contributed by atoms with E-state index in [-0.39, 0.29) is 0 Å². The van der Waals surface area contributed by atoms with Gasteiger partial charge >= 0.3 is 179 Å². The van der Waals surface area contributed by atoms with E-state index in [1.54, 1.807) is 14.2 Å². The molecule has 0 N–H and O–H groups in total. The van der Waals surface area contributed by atoms with Crippen molar-refractivity contribution in [2.75, 3.05) is 14.2 Å². The molecule has 2 nitrogen and oxygen atoms in total. The maximum absolute atomic E-state index is 5.56. The molecule has 0 heterocycles. The van der Waals surface area contributed by atoms with Crippen LogP contribution in [0.4, 0.5) is 0 Å². The van der Waals surface area contributed by atoms with Crippen LogP contribution in [0.25, 0.3) is 0 Å². The van der Waals surface area contributed by atoms with Gasteiger partial charge in [0.1, 0.15) is 0 Å². The van der Waals surface area contributed by atoms with Crippen LogP contribution < -0.4 is 25.4 Å². The molecule has 0 spiro atoms. The Morgan fingerprint density at radius 1 is 0.533 bits per heavy atom. The second-order valence-electron chi connectivity index (χ2n) is 7.40. The first-order valence-electron chi connectivity index (χ1n) is 10.1. The van der Waals surface area contributed by atoms with Gasteiger partial charge in [-0.2, -0.15) is 0 Å². The maximum atomic E-state index is 5.56. The Bertz CT molecular complexity index is 961. The predicted molar refractivity (Wildman–Crippen MR) is 130 cm³/mol. The molecule has 0 atom stereocenters. The number of methoxy groups -OCH3 is 2. The molecular formula is C27H27O2P. The Kier molecular flexibility index (Phi) is 6.16. The summed E-state index contributed by atoms with van der Waals surface area (Å²) < 4.78 is 11.1. The number of ether oxygens (including phenoxy) is 2. The first kappa shape index (κ1) is 20.2. The zero-order valence-corrected chi connectivity index (χ0v) is 18.4. The van der Waals surface area contributed by atoms with E-state index >= 15 is 0 Å². The van der Waals surface area contributed by atoms with Gasteiger partial charge in [-0.1, -0.05) is 0 Å². The van der Waals surface area contributed by atoms with Gasteiger partial charge in [0.15, 0.2) is 0 Å². The predicted octanol–water partition coefficient (Wildman–Crippen LogP) is 4.93. The van der Waals surface area contributed by atoms with E-state index in [2.05, 4.69) is 103 Å². The van der Waals surface area contributed by atoms with Gasteiger partial charge in [-0.15, -0.1) is 0 Å². The van der Waals surface area contributed by atoms with Gasteiger partial charge < -0.3 is 0 Å². The summed E-state index contributed by atoms with van der Waals surface area (Å²) in [6.45, 7) is 0. The van der Waals surface area contributed by atoms with Crippen molar-refractivity contribution in [2.45, 2.75) is 6.16 Å². The van der Waals surface area contributed by atoms with Crippen LogP contribution in [0.3, 0.4) is 0 Å². The van der Waals surface area contributed by atoms with Crippen molar-refractivity contribution in [1.29, 1.82) is 0 Å². The quantitative estimate of drug-likeness (QED) is 0.399. The van der Waals surface area contributed by atoms with Crippen molar-refractivity contribution in [3.8, 4) is 11.5 Å². The summed E-state index contributed by atoms with van der Waals surface area (Å²) in [4.78, 5) is 0. The fourth-order valence-electron chi connectivity index (χ4n) is 4.25. The first-order valence-corrected chi connectivity index (χ1v) is 12.4.